The van der Waals surface area contributed by atoms with Crippen LogP contribution < -0.4 is 5.56 Å². The van der Waals surface area contributed by atoms with E-state index in [1.165, 1.54) is 6.07 Å². The monoisotopic (exact) mass is 427 g/mol. The minimum absolute atomic E-state index is 0.0273. The lowest BCUT2D eigenvalue weighted by atomic mass is 9.99. The van der Waals surface area contributed by atoms with Crippen molar-refractivity contribution < 1.29 is 14.5 Å². The first-order valence-corrected chi connectivity index (χ1v) is 10.2. The molecule has 2 heterocycles. The number of aromatic amines is 1. The van der Waals surface area contributed by atoms with Gasteiger partial charge in [0.2, 0.25) is 0 Å². The van der Waals surface area contributed by atoms with Crippen LogP contribution in [0.5, 0.6) is 0 Å². The first-order valence-electron chi connectivity index (χ1n) is 9.39. The molecule has 156 valence electrons. The van der Waals surface area contributed by atoms with Gasteiger partial charge in [-0.05, 0) is 37.0 Å². The van der Waals surface area contributed by atoms with Gasteiger partial charge in [-0.25, -0.2) is 9.78 Å². The van der Waals surface area contributed by atoms with E-state index < -0.39 is 10.9 Å². The number of H-pyrrole nitrogens is 1. The van der Waals surface area contributed by atoms with Crippen LogP contribution in [-0.2, 0) is 4.74 Å². The van der Waals surface area contributed by atoms with Crippen molar-refractivity contribution in [2.75, 3.05) is 6.61 Å². The van der Waals surface area contributed by atoms with E-state index in [1.807, 2.05) is 13.8 Å². The van der Waals surface area contributed by atoms with Crippen LogP contribution in [0.1, 0.15) is 58.9 Å². The number of fused-ring (bicyclic) bond motifs is 1. The number of aromatic nitrogens is 2. The van der Waals surface area contributed by atoms with Crippen LogP contribution in [0.2, 0.25) is 0 Å². The predicted octanol–water partition coefficient (Wildman–Crippen LogP) is 4.67. The van der Waals surface area contributed by atoms with Gasteiger partial charge in [-0.15, -0.1) is 11.3 Å². The molecule has 0 bridgehead atoms. The van der Waals surface area contributed by atoms with Crippen LogP contribution >= 0.6 is 11.3 Å². The third-order valence-electron chi connectivity index (χ3n) is 4.59. The minimum atomic E-state index is -0.480. The van der Waals surface area contributed by atoms with E-state index in [2.05, 4.69) is 9.97 Å². The Hall–Kier alpha value is -3.33. The highest BCUT2D eigenvalue weighted by molar-refractivity contribution is 7.20. The van der Waals surface area contributed by atoms with Crippen LogP contribution in [0.15, 0.2) is 23.0 Å². The summed E-state index contributed by atoms with van der Waals surface area (Å²) in [5.41, 5.74) is 1.51. The summed E-state index contributed by atoms with van der Waals surface area (Å²) < 4.78 is 5.03. The summed E-state index contributed by atoms with van der Waals surface area (Å²) in [5.74, 6) is -0.161. The van der Waals surface area contributed by atoms with Gasteiger partial charge < -0.3 is 9.72 Å². The number of hydrogen-bond acceptors (Lipinski definition) is 7. The minimum Gasteiger partial charge on any atom is -0.462 e. The van der Waals surface area contributed by atoms with E-state index in [9.17, 15) is 19.7 Å². The Kier molecular flexibility index (Phi) is 6.12. The molecule has 3 rings (SSSR count). The summed E-state index contributed by atoms with van der Waals surface area (Å²) in [5, 5.41) is 11.7. The van der Waals surface area contributed by atoms with Gasteiger partial charge in [-0.3, -0.25) is 14.9 Å². The Morgan fingerprint density at radius 3 is 2.73 bits per heavy atom. The maximum Gasteiger partial charge on any atom is 0.348 e. The van der Waals surface area contributed by atoms with E-state index >= 15 is 0 Å². The summed E-state index contributed by atoms with van der Waals surface area (Å²) >= 11 is 1.10. The number of thiophene rings is 1. The molecular weight excluding hydrogens is 406 g/mol. The molecule has 8 nitrogen and oxygen atoms in total. The summed E-state index contributed by atoms with van der Waals surface area (Å²) in [6.45, 7) is 7.44. The van der Waals surface area contributed by atoms with Crippen molar-refractivity contribution in [2.24, 2.45) is 0 Å². The average Bonchev–Trinajstić information content (AvgIpc) is 3.03. The number of nitro benzene ring substituents is 1. The number of nitro groups is 1. The van der Waals surface area contributed by atoms with Crippen molar-refractivity contribution in [3.63, 3.8) is 0 Å². The highest BCUT2D eigenvalue weighted by Gasteiger charge is 2.20. The number of nitrogens with one attached hydrogen (secondary N) is 1. The number of hydrogen-bond donors (Lipinski definition) is 1. The third kappa shape index (κ3) is 4.16. The van der Waals surface area contributed by atoms with Gasteiger partial charge in [-0.2, -0.15) is 0 Å². The molecule has 1 aromatic carbocycles. The number of rotatable bonds is 6. The number of esters is 1. The summed E-state index contributed by atoms with van der Waals surface area (Å²) in [6.07, 6.45) is 3.22. The number of benzene rings is 1. The number of carbonyl (C=O) groups is 1. The van der Waals surface area contributed by atoms with Gasteiger partial charge in [-0.1, -0.05) is 32.1 Å². The van der Waals surface area contributed by atoms with Crippen LogP contribution in [-0.4, -0.2) is 27.5 Å². The molecule has 1 N–H and O–H groups in total. The lowest BCUT2D eigenvalue weighted by Gasteiger charge is -2.06. The van der Waals surface area contributed by atoms with Crippen LogP contribution in [0, 0.1) is 17.0 Å². The van der Waals surface area contributed by atoms with Crippen molar-refractivity contribution in [1.29, 1.82) is 0 Å². The Bertz CT molecular complexity index is 1220. The highest BCUT2D eigenvalue weighted by Crippen LogP contribution is 2.29. The van der Waals surface area contributed by atoms with E-state index in [-0.39, 0.29) is 23.8 Å². The first-order chi connectivity index (χ1) is 14.2. The van der Waals surface area contributed by atoms with Gasteiger partial charge in [0.1, 0.15) is 15.5 Å². The fourth-order valence-corrected chi connectivity index (χ4v) is 4.20. The van der Waals surface area contributed by atoms with Crippen molar-refractivity contribution in [1.82, 2.24) is 9.97 Å². The second-order valence-electron chi connectivity index (χ2n) is 6.97. The summed E-state index contributed by atoms with van der Waals surface area (Å²) in [7, 11) is 0. The zero-order chi connectivity index (χ0) is 22.0. The fraction of sp³-hybridized carbons (Fsp3) is 0.286. The van der Waals surface area contributed by atoms with Gasteiger partial charge in [0.25, 0.3) is 11.2 Å². The third-order valence-corrected chi connectivity index (χ3v) is 5.75. The molecule has 0 aliphatic rings. The summed E-state index contributed by atoms with van der Waals surface area (Å²) in [6, 6.07) is 5.01. The van der Waals surface area contributed by atoms with E-state index in [4.69, 9.17) is 4.74 Å². The Balaban J connectivity index is 1.99. The molecule has 9 heteroatoms. The Morgan fingerprint density at radius 1 is 1.37 bits per heavy atom. The zero-order valence-electron chi connectivity index (χ0n) is 17.0. The van der Waals surface area contributed by atoms with Crippen LogP contribution in [0.25, 0.3) is 22.4 Å². The smallest absolute Gasteiger partial charge is 0.348 e. The molecular formula is C21H21N3O5S. The molecule has 0 aliphatic heterocycles. The molecule has 3 aromatic rings. The normalized spacial score (nSPS) is 11.5. The zero-order valence-corrected chi connectivity index (χ0v) is 17.8. The quantitative estimate of drug-likeness (QED) is 0.347. The number of ether oxygens (including phenoxy) is 1. The molecule has 0 fully saturated rings. The first kappa shape index (κ1) is 21.4. The van der Waals surface area contributed by atoms with Gasteiger partial charge in [0.05, 0.1) is 16.9 Å². The average molecular weight is 427 g/mol. The van der Waals surface area contributed by atoms with Crippen molar-refractivity contribution in [3.05, 3.63) is 66.1 Å². The van der Waals surface area contributed by atoms with E-state index in [0.717, 1.165) is 11.3 Å². The molecule has 2 aromatic heterocycles. The van der Waals surface area contributed by atoms with Crippen molar-refractivity contribution in [3.8, 4) is 0 Å². The second kappa shape index (κ2) is 8.58. The molecule has 0 saturated carbocycles. The van der Waals surface area contributed by atoms with Crippen molar-refractivity contribution in [2.45, 2.75) is 33.6 Å². The largest absolute Gasteiger partial charge is 0.462 e. The topological polar surface area (TPSA) is 115 Å². The molecule has 30 heavy (non-hydrogen) atoms. The SMILES string of the molecule is CCOC(=O)c1sc2nc(/C=C/c3ccc(C(C)C)c([N+](=O)[O-])c3)[nH]c(=O)c2c1C. The maximum atomic E-state index is 12.5. The number of aryl methyl sites for hydroxylation is 1. The molecule has 0 saturated heterocycles. The van der Waals surface area contributed by atoms with Gasteiger partial charge in [0, 0.05) is 11.6 Å². The summed E-state index contributed by atoms with van der Waals surface area (Å²) in [4.78, 5) is 43.5. The molecule has 0 amide bonds. The van der Waals surface area contributed by atoms with Crippen molar-refractivity contribution >= 4 is 45.4 Å². The van der Waals surface area contributed by atoms with Crippen LogP contribution in [0.4, 0.5) is 5.69 Å². The Labute approximate surface area is 176 Å². The van der Waals surface area contributed by atoms with E-state index in [1.54, 1.807) is 38.1 Å². The molecule has 0 atom stereocenters. The number of nitrogens with zero attached hydrogens (tertiary/aromatic N) is 2. The predicted molar refractivity (Wildman–Crippen MR) is 117 cm³/mol. The lowest BCUT2D eigenvalue weighted by molar-refractivity contribution is -0.385. The molecule has 0 spiro atoms. The highest BCUT2D eigenvalue weighted by atomic mass is 32.1. The fourth-order valence-electron chi connectivity index (χ4n) is 3.12. The molecule has 0 aliphatic carbocycles. The number of carbonyl (C=O) groups excluding carboxylic acids is 1. The lowest BCUT2D eigenvalue weighted by Crippen LogP contribution is -2.10. The molecule has 0 radical (unpaired) electrons. The Morgan fingerprint density at radius 2 is 2.10 bits per heavy atom. The standard InChI is InChI=1S/C21H21N3O5S/c1-5-29-21(26)18-12(4)17-19(25)22-16(23-20(17)30-18)9-7-13-6-8-14(11(2)3)15(10-13)24(27)28/h6-11H,5H2,1-4H3,(H,22,23,25)/b9-7+. The van der Waals surface area contributed by atoms with Gasteiger partial charge in [0.15, 0.2) is 0 Å². The van der Waals surface area contributed by atoms with E-state index in [0.29, 0.717) is 37.6 Å². The second-order valence-corrected chi connectivity index (χ2v) is 7.97. The van der Waals surface area contributed by atoms with Crippen LogP contribution in [0.3, 0.4) is 0 Å². The van der Waals surface area contributed by atoms with Gasteiger partial charge >= 0.3 is 5.97 Å². The molecule has 0 unspecified atom stereocenters. The maximum absolute atomic E-state index is 12.5.